The molecule has 1 aliphatic heterocycles. The average Bonchev–Trinajstić information content (AvgIpc) is 2.30. The third-order valence-electron chi connectivity index (χ3n) is 2.90. The minimum atomic E-state index is 0.461. The third-order valence-corrected chi connectivity index (χ3v) is 2.90. The lowest BCUT2D eigenvalue weighted by Crippen LogP contribution is -2.31. The van der Waals surface area contributed by atoms with Crippen LogP contribution in [-0.4, -0.2) is 23.0 Å². The van der Waals surface area contributed by atoms with Gasteiger partial charge in [0.25, 0.3) is 0 Å². The molecule has 1 unspecified atom stereocenters. The average molecular weight is 180 g/mol. The molecule has 0 saturated heterocycles. The zero-order chi connectivity index (χ0) is 10.0. The molecule has 0 radical (unpaired) electrons. The minimum Gasteiger partial charge on any atom is -0.356 e. The predicted molar refractivity (Wildman–Crippen MR) is 56.9 cm³/mol. The van der Waals surface area contributed by atoms with E-state index < -0.39 is 0 Å². The van der Waals surface area contributed by atoms with Gasteiger partial charge in [-0.1, -0.05) is 13.0 Å². The first kappa shape index (κ1) is 10.2. The van der Waals surface area contributed by atoms with Crippen molar-refractivity contribution in [3.8, 4) is 0 Å². The first-order valence-electron chi connectivity index (χ1n) is 4.95. The van der Waals surface area contributed by atoms with E-state index in [0.29, 0.717) is 6.17 Å². The quantitative estimate of drug-likeness (QED) is 0.644. The molecule has 1 aliphatic rings. The molecule has 0 spiro atoms. The molecule has 2 nitrogen and oxygen atoms in total. The lowest BCUT2D eigenvalue weighted by Gasteiger charge is -2.26. The molecule has 2 heteroatoms. The molecule has 0 aliphatic carbocycles. The summed E-state index contributed by atoms with van der Waals surface area (Å²) in [6, 6.07) is 0. The van der Waals surface area contributed by atoms with Crippen LogP contribution in [0, 0.1) is 0 Å². The van der Waals surface area contributed by atoms with Gasteiger partial charge in [-0.3, -0.25) is 0 Å². The van der Waals surface area contributed by atoms with Crippen LogP contribution in [0.1, 0.15) is 34.1 Å². The Morgan fingerprint density at radius 2 is 1.92 bits per heavy atom. The van der Waals surface area contributed by atoms with Crippen LogP contribution < -0.4 is 0 Å². The Balaban J connectivity index is 2.82. The first-order valence-corrected chi connectivity index (χ1v) is 4.95. The first-order chi connectivity index (χ1) is 6.09. The highest BCUT2D eigenvalue weighted by atomic mass is 15.4. The monoisotopic (exact) mass is 180 g/mol. The summed E-state index contributed by atoms with van der Waals surface area (Å²) < 4.78 is 0. The highest BCUT2D eigenvalue weighted by Crippen LogP contribution is 2.27. The van der Waals surface area contributed by atoms with Crippen molar-refractivity contribution in [1.29, 1.82) is 0 Å². The van der Waals surface area contributed by atoms with Crippen molar-refractivity contribution in [2.75, 3.05) is 7.05 Å². The van der Waals surface area contributed by atoms with Crippen molar-refractivity contribution >= 4 is 0 Å². The van der Waals surface area contributed by atoms with E-state index in [2.05, 4.69) is 56.8 Å². The van der Waals surface area contributed by atoms with Gasteiger partial charge >= 0.3 is 0 Å². The fourth-order valence-electron chi connectivity index (χ4n) is 1.64. The summed E-state index contributed by atoms with van der Waals surface area (Å²) in [5.41, 5.74) is 2.73. The van der Waals surface area contributed by atoms with Crippen LogP contribution in [0.25, 0.3) is 0 Å². The van der Waals surface area contributed by atoms with Gasteiger partial charge in [0.05, 0.1) is 0 Å². The van der Waals surface area contributed by atoms with Crippen LogP contribution in [0.3, 0.4) is 0 Å². The third kappa shape index (κ3) is 1.71. The maximum atomic E-state index is 2.32. The summed E-state index contributed by atoms with van der Waals surface area (Å²) >= 11 is 0. The van der Waals surface area contributed by atoms with Gasteiger partial charge in [-0.05, 0) is 27.2 Å². The Labute approximate surface area is 81.5 Å². The summed E-state index contributed by atoms with van der Waals surface area (Å²) in [5.74, 6) is 0. The van der Waals surface area contributed by atoms with E-state index in [4.69, 9.17) is 0 Å². The van der Waals surface area contributed by atoms with E-state index in [1.807, 2.05) is 0 Å². The van der Waals surface area contributed by atoms with Crippen LogP contribution in [0.5, 0.6) is 0 Å². The lowest BCUT2D eigenvalue weighted by atomic mass is 10.3. The summed E-state index contributed by atoms with van der Waals surface area (Å²) in [5, 5.41) is 0. The zero-order valence-corrected chi connectivity index (χ0v) is 9.33. The topological polar surface area (TPSA) is 6.48 Å². The molecule has 0 N–H and O–H groups in total. The molecule has 13 heavy (non-hydrogen) atoms. The van der Waals surface area contributed by atoms with E-state index >= 15 is 0 Å². The number of nitrogens with zero attached hydrogens (tertiary/aromatic N) is 2. The number of hydrogen-bond donors (Lipinski definition) is 0. The van der Waals surface area contributed by atoms with Gasteiger partial charge in [-0.2, -0.15) is 0 Å². The molecule has 0 aromatic heterocycles. The normalized spacial score (nSPS) is 23.9. The molecule has 74 valence electrons. The minimum absolute atomic E-state index is 0.461. The van der Waals surface area contributed by atoms with E-state index in [0.717, 1.165) is 6.42 Å². The Bertz CT molecular complexity index is 240. The molecular weight excluding hydrogens is 160 g/mol. The van der Waals surface area contributed by atoms with Gasteiger partial charge in [0.15, 0.2) is 0 Å². The SMILES string of the molecule is CCC=CN1C(C)=C(C)N(C)C1C. The van der Waals surface area contributed by atoms with Crippen LogP contribution in [0.4, 0.5) is 0 Å². The molecule has 0 aromatic rings. The van der Waals surface area contributed by atoms with E-state index in [1.54, 1.807) is 0 Å². The summed E-state index contributed by atoms with van der Waals surface area (Å²) in [6.45, 7) is 8.73. The maximum Gasteiger partial charge on any atom is 0.102 e. The van der Waals surface area contributed by atoms with Crippen molar-refractivity contribution in [3.05, 3.63) is 23.7 Å². The van der Waals surface area contributed by atoms with Crippen molar-refractivity contribution < 1.29 is 0 Å². The smallest absolute Gasteiger partial charge is 0.102 e. The second-order valence-electron chi connectivity index (χ2n) is 3.61. The van der Waals surface area contributed by atoms with Gasteiger partial charge in [0.2, 0.25) is 0 Å². The van der Waals surface area contributed by atoms with Crippen molar-refractivity contribution in [1.82, 2.24) is 9.80 Å². The fraction of sp³-hybridized carbons (Fsp3) is 0.636. The largest absolute Gasteiger partial charge is 0.356 e. The van der Waals surface area contributed by atoms with Crippen LogP contribution in [0.2, 0.25) is 0 Å². The summed E-state index contributed by atoms with van der Waals surface area (Å²) in [4.78, 5) is 4.62. The number of hydrogen-bond acceptors (Lipinski definition) is 2. The molecular formula is C11H20N2. The van der Waals surface area contributed by atoms with Crippen molar-refractivity contribution in [2.24, 2.45) is 0 Å². The van der Waals surface area contributed by atoms with E-state index in [-0.39, 0.29) is 0 Å². The Kier molecular flexibility index (Phi) is 3.02. The van der Waals surface area contributed by atoms with Gasteiger partial charge < -0.3 is 9.80 Å². The Hall–Kier alpha value is -0.920. The molecule has 0 bridgehead atoms. The van der Waals surface area contributed by atoms with Crippen LogP contribution in [0.15, 0.2) is 23.7 Å². The van der Waals surface area contributed by atoms with Crippen molar-refractivity contribution in [3.63, 3.8) is 0 Å². The second kappa shape index (κ2) is 3.86. The number of rotatable bonds is 2. The van der Waals surface area contributed by atoms with Crippen LogP contribution in [-0.2, 0) is 0 Å². The fourth-order valence-corrected chi connectivity index (χ4v) is 1.64. The maximum absolute atomic E-state index is 2.32. The molecule has 0 aromatic carbocycles. The second-order valence-corrected chi connectivity index (χ2v) is 3.61. The van der Waals surface area contributed by atoms with E-state index in [1.165, 1.54) is 11.4 Å². The molecule has 1 atom stereocenters. The highest BCUT2D eigenvalue weighted by molar-refractivity contribution is 5.18. The van der Waals surface area contributed by atoms with Gasteiger partial charge in [-0.15, -0.1) is 0 Å². The molecule has 0 amide bonds. The molecule has 0 fully saturated rings. The van der Waals surface area contributed by atoms with Gasteiger partial charge in [-0.25, -0.2) is 0 Å². The number of allylic oxidation sites excluding steroid dienone is 3. The summed E-state index contributed by atoms with van der Waals surface area (Å²) in [7, 11) is 2.14. The Morgan fingerprint density at radius 1 is 1.31 bits per heavy atom. The van der Waals surface area contributed by atoms with E-state index in [9.17, 15) is 0 Å². The lowest BCUT2D eigenvalue weighted by molar-refractivity contribution is 0.229. The van der Waals surface area contributed by atoms with Crippen molar-refractivity contribution in [2.45, 2.75) is 40.3 Å². The van der Waals surface area contributed by atoms with Gasteiger partial charge in [0.1, 0.15) is 6.17 Å². The molecule has 1 heterocycles. The predicted octanol–water partition coefficient (Wildman–Crippen LogP) is 2.75. The molecule has 0 saturated carbocycles. The highest BCUT2D eigenvalue weighted by Gasteiger charge is 2.25. The zero-order valence-electron chi connectivity index (χ0n) is 9.33. The summed E-state index contributed by atoms with van der Waals surface area (Å²) in [6.07, 6.45) is 5.95. The molecule has 1 rings (SSSR count). The Morgan fingerprint density at radius 3 is 2.31 bits per heavy atom. The van der Waals surface area contributed by atoms with Gasteiger partial charge in [0, 0.05) is 24.6 Å². The van der Waals surface area contributed by atoms with Crippen LogP contribution >= 0.6 is 0 Å². The standard InChI is InChI=1S/C11H20N2/c1-6-7-8-13-10(3)9(2)12(5)11(13)4/h7-8,11H,6H2,1-5H3.